The molecule has 2 rings (SSSR count). The predicted molar refractivity (Wildman–Crippen MR) is 65.2 cm³/mol. The van der Waals surface area contributed by atoms with E-state index in [4.69, 9.17) is 0 Å². The SMILES string of the molecule is Cc1ccc(C2NCC2(C)C)c(C)c1C. The molecule has 0 bridgehead atoms. The molecule has 1 aromatic rings. The van der Waals surface area contributed by atoms with Gasteiger partial charge in [0.2, 0.25) is 0 Å². The minimum absolute atomic E-state index is 0.409. The van der Waals surface area contributed by atoms with E-state index >= 15 is 0 Å². The monoisotopic (exact) mass is 203 g/mol. The van der Waals surface area contributed by atoms with Gasteiger partial charge in [-0.25, -0.2) is 0 Å². The summed E-state index contributed by atoms with van der Waals surface area (Å²) in [4.78, 5) is 0. The smallest absolute Gasteiger partial charge is 0.0387 e. The third kappa shape index (κ3) is 1.59. The molecule has 0 aliphatic carbocycles. The molecule has 1 aliphatic heterocycles. The highest BCUT2D eigenvalue weighted by Gasteiger charge is 2.39. The number of benzene rings is 1. The number of nitrogens with one attached hydrogen (secondary N) is 1. The van der Waals surface area contributed by atoms with Crippen molar-refractivity contribution >= 4 is 0 Å². The lowest BCUT2D eigenvalue weighted by atomic mass is 9.72. The normalized spacial score (nSPS) is 23.7. The summed E-state index contributed by atoms with van der Waals surface area (Å²) in [7, 11) is 0. The van der Waals surface area contributed by atoms with Gasteiger partial charge in [-0.3, -0.25) is 0 Å². The van der Waals surface area contributed by atoms with Crippen LogP contribution >= 0.6 is 0 Å². The molecule has 1 aliphatic rings. The van der Waals surface area contributed by atoms with Gasteiger partial charge >= 0.3 is 0 Å². The van der Waals surface area contributed by atoms with Crippen molar-refractivity contribution in [3.63, 3.8) is 0 Å². The molecule has 1 heteroatoms. The lowest BCUT2D eigenvalue weighted by Crippen LogP contribution is -2.52. The van der Waals surface area contributed by atoms with Crippen LogP contribution in [0.15, 0.2) is 12.1 Å². The molecule has 0 amide bonds. The molecule has 15 heavy (non-hydrogen) atoms. The second-order valence-electron chi connectivity index (χ2n) is 5.52. The maximum Gasteiger partial charge on any atom is 0.0387 e. The molecule has 0 saturated carbocycles. The zero-order valence-corrected chi connectivity index (χ0v) is 10.4. The van der Waals surface area contributed by atoms with Gasteiger partial charge in [-0.15, -0.1) is 0 Å². The van der Waals surface area contributed by atoms with Gasteiger partial charge in [0.05, 0.1) is 0 Å². The van der Waals surface area contributed by atoms with Crippen molar-refractivity contribution in [3.8, 4) is 0 Å². The summed E-state index contributed by atoms with van der Waals surface area (Å²) in [6, 6.07) is 5.07. The van der Waals surface area contributed by atoms with Crippen LogP contribution in [-0.4, -0.2) is 6.54 Å². The van der Waals surface area contributed by atoms with Gasteiger partial charge in [0.25, 0.3) is 0 Å². The van der Waals surface area contributed by atoms with Gasteiger partial charge in [-0.1, -0.05) is 26.0 Å². The molecular weight excluding hydrogens is 182 g/mol. The van der Waals surface area contributed by atoms with Crippen molar-refractivity contribution < 1.29 is 0 Å². The third-order valence-corrected chi connectivity index (χ3v) is 3.95. The average Bonchev–Trinajstić information content (AvgIpc) is 2.17. The van der Waals surface area contributed by atoms with Crippen molar-refractivity contribution in [1.29, 1.82) is 0 Å². The molecule has 1 saturated heterocycles. The zero-order valence-electron chi connectivity index (χ0n) is 10.4. The first kappa shape index (κ1) is 10.7. The van der Waals surface area contributed by atoms with Crippen LogP contribution in [0.3, 0.4) is 0 Å². The number of aryl methyl sites for hydroxylation is 1. The maximum atomic E-state index is 3.54. The van der Waals surface area contributed by atoms with Crippen LogP contribution < -0.4 is 5.32 Å². The minimum atomic E-state index is 0.409. The summed E-state index contributed by atoms with van der Waals surface area (Å²) in [5, 5.41) is 3.54. The number of hydrogen-bond donors (Lipinski definition) is 1. The fourth-order valence-corrected chi connectivity index (χ4v) is 2.43. The van der Waals surface area contributed by atoms with Gasteiger partial charge in [-0.2, -0.15) is 0 Å². The Morgan fingerprint density at radius 1 is 1.13 bits per heavy atom. The van der Waals surface area contributed by atoms with E-state index < -0.39 is 0 Å². The van der Waals surface area contributed by atoms with Crippen LogP contribution in [0.2, 0.25) is 0 Å². The molecular formula is C14H21N. The van der Waals surface area contributed by atoms with Crippen molar-refractivity contribution in [2.45, 2.75) is 40.7 Å². The summed E-state index contributed by atoms with van der Waals surface area (Å²) in [6.07, 6.45) is 0. The Bertz CT molecular complexity index is 391. The van der Waals surface area contributed by atoms with Crippen LogP contribution in [0.25, 0.3) is 0 Å². The second kappa shape index (κ2) is 3.34. The molecule has 1 unspecified atom stereocenters. The third-order valence-electron chi connectivity index (χ3n) is 3.95. The number of rotatable bonds is 1. The van der Waals surface area contributed by atoms with Crippen molar-refractivity contribution in [2.24, 2.45) is 5.41 Å². The summed E-state index contributed by atoms with van der Waals surface area (Å²) in [5.74, 6) is 0. The van der Waals surface area contributed by atoms with Crippen LogP contribution in [0.1, 0.15) is 42.1 Å². The molecule has 1 N–H and O–H groups in total. The first-order valence-electron chi connectivity index (χ1n) is 5.73. The van der Waals surface area contributed by atoms with Gasteiger partial charge < -0.3 is 5.32 Å². The lowest BCUT2D eigenvalue weighted by molar-refractivity contribution is 0.128. The first-order valence-corrected chi connectivity index (χ1v) is 5.73. The molecule has 1 aromatic carbocycles. The highest BCUT2D eigenvalue weighted by Crippen LogP contribution is 2.41. The maximum absolute atomic E-state index is 3.54. The fourth-order valence-electron chi connectivity index (χ4n) is 2.43. The molecule has 82 valence electrons. The van der Waals surface area contributed by atoms with Crippen molar-refractivity contribution in [2.75, 3.05) is 6.54 Å². The Morgan fingerprint density at radius 2 is 1.80 bits per heavy atom. The van der Waals surface area contributed by atoms with Gasteiger partial charge in [-0.05, 0) is 48.4 Å². The fraction of sp³-hybridized carbons (Fsp3) is 0.571. The van der Waals surface area contributed by atoms with E-state index in [1.165, 1.54) is 22.3 Å². The summed E-state index contributed by atoms with van der Waals surface area (Å²) in [5.41, 5.74) is 6.19. The van der Waals surface area contributed by atoms with Crippen LogP contribution in [0.5, 0.6) is 0 Å². The van der Waals surface area contributed by atoms with Crippen LogP contribution in [0, 0.1) is 26.2 Å². The topological polar surface area (TPSA) is 12.0 Å². The number of hydrogen-bond acceptors (Lipinski definition) is 1. The van der Waals surface area contributed by atoms with E-state index in [1.54, 1.807) is 0 Å². The van der Waals surface area contributed by atoms with E-state index in [0.29, 0.717) is 11.5 Å². The lowest BCUT2D eigenvalue weighted by Gasteiger charge is -2.46. The zero-order chi connectivity index (χ0) is 11.2. The highest BCUT2D eigenvalue weighted by molar-refractivity contribution is 5.41. The van der Waals surface area contributed by atoms with E-state index in [-0.39, 0.29) is 0 Å². The van der Waals surface area contributed by atoms with Gasteiger partial charge in [0.1, 0.15) is 0 Å². The van der Waals surface area contributed by atoms with E-state index in [9.17, 15) is 0 Å². The van der Waals surface area contributed by atoms with Crippen molar-refractivity contribution in [3.05, 3.63) is 34.4 Å². The molecule has 1 fully saturated rings. The summed E-state index contributed by atoms with van der Waals surface area (Å²) < 4.78 is 0. The Hall–Kier alpha value is -0.820. The molecule has 1 heterocycles. The Labute approximate surface area is 92.9 Å². The van der Waals surface area contributed by atoms with Gasteiger partial charge in [0.15, 0.2) is 0 Å². The highest BCUT2D eigenvalue weighted by atomic mass is 15.0. The Balaban J connectivity index is 2.42. The molecule has 0 radical (unpaired) electrons. The Morgan fingerprint density at radius 3 is 2.27 bits per heavy atom. The van der Waals surface area contributed by atoms with E-state index in [0.717, 1.165) is 6.54 Å². The van der Waals surface area contributed by atoms with Crippen molar-refractivity contribution in [1.82, 2.24) is 5.32 Å². The van der Waals surface area contributed by atoms with Gasteiger partial charge in [0, 0.05) is 12.6 Å². The standard InChI is InChI=1S/C14H21N/c1-9-6-7-12(11(3)10(9)2)13-14(4,5)8-15-13/h6-7,13,15H,8H2,1-5H3. The quantitative estimate of drug-likeness (QED) is 0.738. The average molecular weight is 203 g/mol. The van der Waals surface area contributed by atoms with E-state index in [2.05, 4.69) is 52.1 Å². The second-order valence-corrected chi connectivity index (χ2v) is 5.52. The largest absolute Gasteiger partial charge is 0.309 e. The summed E-state index contributed by atoms with van der Waals surface area (Å²) in [6.45, 7) is 12.5. The first-order chi connectivity index (χ1) is 6.93. The molecule has 1 atom stereocenters. The molecule has 0 spiro atoms. The predicted octanol–water partition coefficient (Wildman–Crippen LogP) is 3.28. The Kier molecular flexibility index (Phi) is 2.38. The van der Waals surface area contributed by atoms with Crippen LogP contribution in [-0.2, 0) is 0 Å². The molecule has 1 nitrogen and oxygen atoms in total. The van der Waals surface area contributed by atoms with Crippen LogP contribution in [0.4, 0.5) is 0 Å². The molecule has 0 aromatic heterocycles. The minimum Gasteiger partial charge on any atom is -0.309 e. The van der Waals surface area contributed by atoms with E-state index in [1.807, 2.05) is 0 Å². The summed E-state index contributed by atoms with van der Waals surface area (Å²) >= 11 is 0.